The second-order valence-corrected chi connectivity index (χ2v) is 5.95. The summed E-state index contributed by atoms with van der Waals surface area (Å²) in [6, 6.07) is 10.1. The second kappa shape index (κ2) is 7.38. The monoisotopic (exact) mass is 317 g/mol. The molecule has 1 aromatic heterocycles. The molecule has 3 rings (SSSR count). The third-order valence-electron chi connectivity index (χ3n) is 3.53. The van der Waals surface area contributed by atoms with E-state index in [0.29, 0.717) is 32.8 Å². The molecule has 5 nitrogen and oxygen atoms in total. The molecule has 0 spiro atoms. The number of hydrogen-bond acceptors (Lipinski definition) is 4. The Balaban J connectivity index is 1.48. The van der Waals surface area contributed by atoms with Crippen LogP contribution in [0.25, 0.3) is 10.6 Å². The molecule has 0 atom stereocenters. The molecule has 0 aliphatic carbocycles. The number of benzene rings is 1. The fourth-order valence-corrected chi connectivity index (χ4v) is 3.17. The minimum absolute atomic E-state index is 0.0122. The molecule has 0 bridgehead atoms. The standard InChI is InChI=1S/C16H19N3O2S/c20-16(19-8-10-21-11-9-19)17-7-6-14-12-22-15(18-14)13-4-2-1-3-5-13/h1-5,12H,6-11H2,(H,17,20). The summed E-state index contributed by atoms with van der Waals surface area (Å²) < 4.78 is 5.24. The van der Waals surface area contributed by atoms with Gasteiger partial charge in [0, 0.05) is 37.0 Å². The zero-order valence-electron chi connectivity index (χ0n) is 12.3. The van der Waals surface area contributed by atoms with E-state index in [-0.39, 0.29) is 6.03 Å². The van der Waals surface area contributed by atoms with Crippen molar-refractivity contribution in [2.24, 2.45) is 0 Å². The van der Waals surface area contributed by atoms with E-state index in [9.17, 15) is 4.79 Å². The minimum Gasteiger partial charge on any atom is -0.378 e. The molecule has 6 heteroatoms. The highest BCUT2D eigenvalue weighted by molar-refractivity contribution is 7.13. The summed E-state index contributed by atoms with van der Waals surface area (Å²) in [5, 5.41) is 6.03. The highest BCUT2D eigenvalue weighted by Crippen LogP contribution is 2.23. The first-order valence-corrected chi connectivity index (χ1v) is 8.31. The molecular formula is C16H19N3O2S. The normalized spacial score (nSPS) is 14.8. The topological polar surface area (TPSA) is 54.5 Å². The lowest BCUT2D eigenvalue weighted by Crippen LogP contribution is -2.46. The fraction of sp³-hybridized carbons (Fsp3) is 0.375. The largest absolute Gasteiger partial charge is 0.378 e. The van der Waals surface area contributed by atoms with Crippen LogP contribution in [0.4, 0.5) is 4.79 Å². The van der Waals surface area contributed by atoms with Gasteiger partial charge in [0.05, 0.1) is 18.9 Å². The van der Waals surface area contributed by atoms with Crippen LogP contribution in [0.1, 0.15) is 5.69 Å². The van der Waals surface area contributed by atoms with Gasteiger partial charge in [0.1, 0.15) is 5.01 Å². The smallest absolute Gasteiger partial charge is 0.317 e. The number of thiazole rings is 1. The molecule has 2 heterocycles. The van der Waals surface area contributed by atoms with Gasteiger partial charge in [-0.25, -0.2) is 9.78 Å². The fourth-order valence-electron chi connectivity index (χ4n) is 2.31. The molecule has 2 aromatic rings. The second-order valence-electron chi connectivity index (χ2n) is 5.09. The summed E-state index contributed by atoms with van der Waals surface area (Å²) in [4.78, 5) is 18.4. The average Bonchev–Trinajstić information content (AvgIpc) is 3.05. The van der Waals surface area contributed by atoms with Crippen LogP contribution in [0.3, 0.4) is 0 Å². The van der Waals surface area contributed by atoms with Crippen molar-refractivity contribution in [1.29, 1.82) is 0 Å². The van der Waals surface area contributed by atoms with Crippen molar-refractivity contribution in [1.82, 2.24) is 15.2 Å². The minimum atomic E-state index is -0.0122. The van der Waals surface area contributed by atoms with Crippen LogP contribution in [-0.2, 0) is 11.2 Å². The third kappa shape index (κ3) is 3.84. The van der Waals surface area contributed by atoms with E-state index in [1.165, 1.54) is 0 Å². The summed E-state index contributed by atoms with van der Waals surface area (Å²) in [6.45, 7) is 3.19. The number of morpholine rings is 1. The molecular weight excluding hydrogens is 298 g/mol. The van der Waals surface area contributed by atoms with Crippen molar-refractivity contribution in [3.05, 3.63) is 41.4 Å². The van der Waals surface area contributed by atoms with E-state index in [2.05, 4.69) is 27.8 Å². The summed E-state index contributed by atoms with van der Waals surface area (Å²) >= 11 is 1.64. The maximum Gasteiger partial charge on any atom is 0.317 e. The Hall–Kier alpha value is -1.92. The Morgan fingerprint density at radius 3 is 2.82 bits per heavy atom. The zero-order chi connectivity index (χ0) is 15.2. The number of rotatable bonds is 4. The van der Waals surface area contributed by atoms with Gasteiger partial charge < -0.3 is 15.0 Å². The van der Waals surface area contributed by atoms with Crippen LogP contribution in [0, 0.1) is 0 Å². The number of aromatic nitrogens is 1. The van der Waals surface area contributed by atoms with E-state index in [1.807, 2.05) is 18.2 Å². The summed E-state index contributed by atoms with van der Waals surface area (Å²) in [5.41, 5.74) is 2.15. The number of carbonyl (C=O) groups excluding carboxylic acids is 1. The molecule has 116 valence electrons. The van der Waals surface area contributed by atoms with Crippen molar-refractivity contribution in [3.8, 4) is 10.6 Å². The molecule has 1 saturated heterocycles. The van der Waals surface area contributed by atoms with Crippen molar-refractivity contribution < 1.29 is 9.53 Å². The molecule has 1 fully saturated rings. The average molecular weight is 317 g/mol. The molecule has 1 aromatic carbocycles. The van der Waals surface area contributed by atoms with Gasteiger partial charge in [-0.2, -0.15) is 0 Å². The molecule has 22 heavy (non-hydrogen) atoms. The van der Waals surface area contributed by atoms with Crippen LogP contribution >= 0.6 is 11.3 Å². The molecule has 0 unspecified atom stereocenters. The van der Waals surface area contributed by atoms with Crippen LogP contribution in [-0.4, -0.2) is 48.8 Å². The predicted molar refractivity (Wildman–Crippen MR) is 87.0 cm³/mol. The molecule has 0 saturated carbocycles. The number of carbonyl (C=O) groups is 1. The van der Waals surface area contributed by atoms with E-state index in [4.69, 9.17) is 4.74 Å². The molecule has 1 aliphatic rings. The van der Waals surface area contributed by atoms with Crippen molar-refractivity contribution >= 4 is 17.4 Å². The summed E-state index contributed by atoms with van der Waals surface area (Å²) in [6.07, 6.45) is 0.749. The van der Waals surface area contributed by atoms with Gasteiger partial charge in [-0.3, -0.25) is 0 Å². The lowest BCUT2D eigenvalue weighted by atomic mass is 10.2. The van der Waals surface area contributed by atoms with Crippen LogP contribution in [0.5, 0.6) is 0 Å². The van der Waals surface area contributed by atoms with Gasteiger partial charge in [0.25, 0.3) is 0 Å². The van der Waals surface area contributed by atoms with E-state index >= 15 is 0 Å². The number of amides is 2. The van der Waals surface area contributed by atoms with Gasteiger partial charge in [-0.1, -0.05) is 30.3 Å². The first-order chi connectivity index (χ1) is 10.8. The number of hydrogen-bond donors (Lipinski definition) is 1. The molecule has 1 N–H and O–H groups in total. The number of ether oxygens (including phenoxy) is 1. The van der Waals surface area contributed by atoms with Gasteiger partial charge >= 0.3 is 6.03 Å². The van der Waals surface area contributed by atoms with E-state index in [0.717, 1.165) is 22.7 Å². The maximum absolute atomic E-state index is 12.0. The summed E-state index contributed by atoms with van der Waals surface area (Å²) in [7, 11) is 0. The van der Waals surface area contributed by atoms with Gasteiger partial charge in [0.15, 0.2) is 0 Å². The van der Waals surface area contributed by atoms with E-state index < -0.39 is 0 Å². The van der Waals surface area contributed by atoms with Gasteiger partial charge in [0.2, 0.25) is 0 Å². The molecule has 1 aliphatic heterocycles. The van der Waals surface area contributed by atoms with Crippen LogP contribution < -0.4 is 5.32 Å². The third-order valence-corrected chi connectivity index (χ3v) is 4.47. The van der Waals surface area contributed by atoms with Gasteiger partial charge in [-0.05, 0) is 0 Å². The Morgan fingerprint density at radius 2 is 2.05 bits per heavy atom. The lowest BCUT2D eigenvalue weighted by molar-refractivity contribution is 0.0533. The Labute approximate surface area is 133 Å². The molecule has 2 amide bonds. The first-order valence-electron chi connectivity index (χ1n) is 7.43. The SMILES string of the molecule is O=C(NCCc1csc(-c2ccccc2)n1)N1CCOCC1. The number of nitrogens with one attached hydrogen (secondary N) is 1. The van der Waals surface area contributed by atoms with Crippen molar-refractivity contribution in [3.63, 3.8) is 0 Å². The van der Waals surface area contributed by atoms with Crippen LogP contribution in [0.15, 0.2) is 35.7 Å². The van der Waals surface area contributed by atoms with Crippen molar-refractivity contribution in [2.75, 3.05) is 32.8 Å². The highest BCUT2D eigenvalue weighted by atomic mass is 32.1. The number of urea groups is 1. The van der Waals surface area contributed by atoms with Crippen molar-refractivity contribution in [2.45, 2.75) is 6.42 Å². The lowest BCUT2D eigenvalue weighted by Gasteiger charge is -2.26. The zero-order valence-corrected chi connectivity index (χ0v) is 13.1. The number of nitrogens with zero attached hydrogens (tertiary/aromatic N) is 2. The first kappa shape index (κ1) is 15.0. The quantitative estimate of drug-likeness (QED) is 0.942. The maximum atomic E-state index is 12.0. The van der Waals surface area contributed by atoms with Crippen LogP contribution in [0.2, 0.25) is 0 Å². The predicted octanol–water partition coefficient (Wildman–Crippen LogP) is 2.39. The summed E-state index contributed by atoms with van der Waals surface area (Å²) in [5.74, 6) is 0. The Morgan fingerprint density at radius 1 is 1.27 bits per heavy atom. The van der Waals surface area contributed by atoms with Gasteiger partial charge in [-0.15, -0.1) is 11.3 Å². The molecule has 0 radical (unpaired) electrons. The van der Waals surface area contributed by atoms with E-state index in [1.54, 1.807) is 16.2 Å². The Kier molecular flexibility index (Phi) is 5.03. The highest BCUT2D eigenvalue weighted by Gasteiger charge is 2.16. The Bertz CT molecular complexity index is 609.